The molecule has 2 aromatic carbocycles. The molecule has 0 fully saturated rings. The van der Waals surface area contributed by atoms with E-state index in [1.165, 1.54) is 0 Å². The van der Waals surface area contributed by atoms with Crippen molar-refractivity contribution in [2.75, 3.05) is 26.8 Å². The van der Waals surface area contributed by atoms with Crippen LogP contribution < -0.4 is 10.1 Å². The molecule has 0 atom stereocenters. The van der Waals surface area contributed by atoms with E-state index in [1.54, 1.807) is 18.9 Å². The van der Waals surface area contributed by atoms with Gasteiger partial charge in [0.05, 0.1) is 13.7 Å². The quantitative estimate of drug-likeness (QED) is 0.513. The van der Waals surface area contributed by atoms with Gasteiger partial charge in [-0.2, -0.15) is 0 Å². The van der Waals surface area contributed by atoms with Gasteiger partial charge in [-0.05, 0) is 49.6 Å². The number of rotatable bonds is 9. The number of nitrogens with zero attached hydrogens (tertiary/aromatic N) is 1. The third kappa shape index (κ3) is 6.01. The maximum atomic E-state index is 12.8. The van der Waals surface area contributed by atoms with E-state index in [4.69, 9.17) is 9.47 Å². The highest BCUT2D eigenvalue weighted by molar-refractivity contribution is 5.85. The Labute approximate surface area is 182 Å². The summed E-state index contributed by atoms with van der Waals surface area (Å²) < 4.78 is 10.2. The fraction of sp³-hybridized carbons (Fsp3) is 0.333. The standard InChI is InChI=1S/C24H29N3O4/c1-4-31-23(28)15-26-24(29)27(16-18-7-5-17(2)6-8-18)12-11-19-14-25-22-10-9-20(30-3)13-21(19)22/h5-10,13-14,25H,4,11-12,15-16H2,1-3H3,(H,26,29). The lowest BCUT2D eigenvalue weighted by Crippen LogP contribution is -2.42. The van der Waals surface area contributed by atoms with Crippen LogP contribution in [0.4, 0.5) is 4.79 Å². The topological polar surface area (TPSA) is 83.7 Å². The van der Waals surface area contributed by atoms with Crippen LogP contribution in [0.2, 0.25) is 0 Å². The predicted molar refractivity (Wildman–Crippen MR) is 120 cm³/mol. The third-order valence-corrected chi connectivity index (χ3v) is 5.10. The molecular formula is C24H29N3O4. The van der Waals surface area contributed by atoms with E-state index in [-0.39, 0.29) is 19.2 Å². The molecule has 2 N–H and O–H groups in total. The highest BCUT2D eigenvalue weighted by Crippen LogP contribution is 2.24. The zero-order chi connectivity index (χ0) is 22.2. The Morgan fingerprint density at radius 1 is 1.13 bits per heavy atom. The molecule has 1 heterocycles. The smallest absolute Gasteiger partial charge is 0.325 e. The van der Waals surface area contributed by atoms with Crippen molar-refractivity contribution in [3.8, 4) is 5.75 Å². The van der Waals surface area contributed by atoms with Crippen molar-refractivity contribution in [2.24, 2.45) is 0 Å². The van der Waals surface area contributed by atoms with E-state index in [0.29, 0.717) is 19.5 Å². The Morgan fingerprint density at radius 3 is 2.61 bits per heavy atom. The predicted octanol–water partition coefficient (Wildman–Crippen LogP) is 3.80. The van der Waals surface area contributed by atoms with Crippen molar-refractivity contribution >= 4 is 22.9 Å². The van der Waals surface area contributed by atoms with Crippen LogP contribution in [0.25, 0.3) is 10.9 Å². The lowest BCUT2D eigenvalue weighted by molar-refractivity contribution is -0.141. The number of methoxy groups -OCH3 is 1. The van der Waals surface area contributed by atoms with Gasteiger partial charge in [-0.15, -0.1) is 0 Å². The van der Waals surface area contributed by atoms with Gasteiger partial charge in [0.25, 0.3) is 0 Å². The molecule has 0 aliphatic carbocycles. The normalized spacial score (nSPS) is 10.7. The number of aromatic amines is 1. The fourth-order valence-electron chi connectivity index (χ4n) is 3.38. The molecule has 0 radical (unpaired) electrons. The number of hydrogen-bond donors (Lipinski definition) is 2. The maximum Gasteiger partial charge on any atom is 0.325 e. The molecule has 0 spiro atoms. The molecule has 164 valence electrons. The van der Waals surface area contributed by atoms with Crippen molar-refractivity contribution in [1.29, 1.82) is 0 Å². The summed E-state index contributed by atoms with van der Waals surface area (Å²) in [6, 6.07) is 13.7. The zero-order valence-electron chi connectivity index (χ0n) is 18.2. The summed E-state index contributed by atoms with van der Waals surface area (Å²) in [5.41, 5.74) is 4.31. The van der Waals surface area contributed by atoms with Crippen LogP contribution in [0, 0.1) is 6.92 Å². The van der Waals surface area contributed by atoms with Crippen LogP contribution >= 0.6 is 0 Å². The lowest BCUT2D eigenvalue weighted by Gasteiger charge is -2.23. The number of carbonyl (C=O) groups is 2. The number of amides is 2. The molecule has 2 amide bonds. The van der Waals surface area contributed by atoms with Crippen LogP contribution in [0.15, 0.2) is 48.7 Å². The largest absolute Gasteiger partial charge is 0.497 e. The minimum Gasteiger partial charge on any atom is -0.497 e. The molecule has 1 aromatic heterocycles. The third-order valence-electron chi connectivity index (χ3n) is 5.10. The van der Waals surface area contributed by atoms with Gasteiger partial charge in [0.1, 0.15) is 12.3 Å². The van der Waals surface area contributed by atoms with E-state index in [9.17, 15) is 9.59 Å². The molecule has 0 aliphatic heterocycles. The number of esters is 1. The van der Waals surface area contributed by atoms with Gasteiger partial charge in [0, 0.05) is 30.2 Å². The summed E-state index contributed by atoms with van der Waals surface area (Å²) >= 11 is 0. The van der Waals surface area contributed by atoms with Crippen LogP contribution in [-0.2, 0) is 22.5 Å². The molecule has 7 heteroatoms. The number of ether oxygens (including phenoxy) is 2. The average Bonchev–Trinajstić information content (AvgIpc) is 3.18. The van der Waals surface area contributed by atoms with Gasteiger partial charge < -0.3 is 24.7 Å². The number of nitrogens with one attached hydrogen (secondary N) is 2. The minimum absolute atomic E-state index is 0.151. The molecular weight excluding hydrogens is 394 g/mol. The first-order chi connectivity index (χ1) is 15.0. The van der Waals surface area contributed by atoms with Crippen LogP contribution in [0.1, 0.15) is 23.6 Å². The van der Waals surface area contributed by atoms with Gasteiger partial charge in [0.15, 0.2) is 0 Å². The number of urea groups is 1. The zero-order valence-corrected chi connectivity index (χ0v) is 18.2. The van der Waals surface area contributed by atoms with Gasteiger partial charge >= 0.3 is 12.0 Å². The molecule has 31 heavy (non-hydrogen) atoms. The number of fused-ring (bicyclic) bond motifs is 1. The number of carbonyl (C=O) groups excluding carboxylic acids is 2. The minimum atomic E-state index is -0.449. The molecule has 7 nitrogen and oxygen atoms in total. The van der Waals surface area contributed by atoms with E-state index >= 15 is 0 Å². The summed E-state index contributed by atoms with van der Waals surface area (Å²) in [6.45, 7) is 4.83. The number of H-pyrrole nitrogens is 1. The first kappa shape index (κ1) is 22.2. The molecule has 0 saturated carbocycles. The second kappa shape index (κ2) is 10.5. The van der Waals surface area contributed by atoms with Gasteiger partial charge in [-0.3, -0.25) is 4.79 Å². The van der Waals surface area contributed by atoms with Crippen molar-refractivity contribution in [1.82, 2.24) is 15.2 Å². The van der Waals surface area contributed by atoms with Crippen LogP contribution in [-0.4, -0.2) is 48.7 Å². The second-order valence-electron chi connectivity index (χ2n) is 7.35. The van der Waals surface area contributed by atoms with E-state index < -0.39 is 5.97 Å². The summed E-state index contributed by atoms with van der Waals surface area (Å²) in [6.07, 6.45) is 2.62. The van der Waals surface area contributed by atoms with Gasteiger partial charge in [0.2, 0.25) is 0 Å². The SMILES string of the molecule is CCOC(=O)CNC(=O)N(CCc1c[nH]c2ccc(OC)cc12)Cc1ccc(C)cc1. The summed E-state index contributed by atoms with van der Waals surface area (Å²) in [5, 5.41) is 3.74. The highest BCUT2D eigenvalue weighted by Gasteiger charge is 2.16. The van der Waals surface area contributed by atoms with Crippen LogP contribution in [0.3, 0.4) is 0 Å². The van der Waals surface area contributed by atoms with E-state index in [2.05, 4.69) is 10.3 Å². The number of aryl methyl sites for hydroxylation is 1. The Morgan fingerprint density at radius 2 is 1.90 bits per heavy atom. The summed E-state index contributed by atoms with van der Waals surface area (Å²) in [4.78, 5) is 29.4. The fourth-order valence-corrected chi connectivity index (χ4v) is 3.38. The molecule has 0 aliphatic rings. The number of hydrogen-bond acceptors (Lipinski definition) is 4. The van der Waals surface area contributed by atoms with E-state index in [0.717, 1.165) is 33.3 Å². The Balaban J connectivity index is 1.73. The first-order valence-corrected chi connectivity index (χ1v) is 10.4. The van der Waals surface area contributed by atoms with Gasteiger partial charge in [-0.25, -0.2) is 4.79 Å². The number of benzene rings is 2. The monoisotopic (exact) mass is 423 g/mol. The Hall–Kier alpha value is -3.48. The second-order valence-corrected chi connectivity index (χ2v) is 7.35. The van der Waals surface area contributed by atoms with Crippen molar-refractivity contribution < 1.29 is 19.1 Å². The van der Waals surface area contributed by atoms with Crippen molar-refractivity contribution in [3.05, 3.63) is 65.4 Å². The molecule has 0 unspecified atom stereocenters. The van der Waals surface area contributed by atoms with Crippen LogP contribution in [0.5, 0.6) is 5.75 Å². The van der Waals surface area contributed by atoms with Crippen molar-refractivity contribution in [2.45, 2.75) is 26.8 Å². The van der Waals surface area contributed by atoms with Gasteiger partial charge in [-0.1, -0.05) is 29.8 Å². The first-order valence-electron chi connectivity index (χ1n) is 10.4. The lowest BCUT2D eigenvalue weighted by atomic mass is 10.1. The number of aromatic nitrogens is 1. The maximum absolute atomic E-state index is 12.8. The molecule has 0 bridgehead atoms. The Bertz CT molecular complexity index is 1030. The Kier molecular flexibility index (Phi) is 7.54. The summed E-state index contributed by atoms with van der Waals surface area (Å²) in [7, 11) is 1.64. The highest BCUT2D eigenvalue weighted by atomic mass is 16.5. The average molecular weight is 424 g/mol. The molecule has 0 saturated heterocycles. The van der Waals surface area contributed by atoms with Crippen molar-refractivity contribution in [3.63, 3.8) is 0 Å². The molecule has 3 rings (SSSR count). The van der Waals surface area contributed by atoms with E-state index in [1.807, 2.05) is 55.6 Å². The molecule has 3 aromatic rings. The summed E-state index contributed by atoms with van der Waals surface area (Å²) in [5.74, 6) is 0.340.